The lowest BCUT2D eigenvalue weighted by Gasteiger charge is -2.46. The van der Waals surface area contributed by atoms with Gasteiger partial charge in [0.25, 0.3) is 0 Å². The lowest BCUT2D eigenvalue weighted by atomic mass is 9.77. The normalized spacial score (nSPS) is 16.2. The van der Waals surface area contributed by atoms with Crippen LogP contribution in [-0.2, 0) is 5.60 Å². The average Bonchev–Trinajstić information content (AvgIpc) is 3.33. The van der Waals surface area contributed by atoms with E-state index >= 15 is 0 Å². The number of pyridine rings is 2. The van der Waals surface area contributed by atoms with Crippen molar-refractivity contribution in [3.63, 3.8) is 0 Å². The molecule has 1 atom stereocenters. The first kappa shape index (κ1) is 19.7. The molecule has 1 aliphatic carbocycles. The maximum atomic E-state index is 12.5. The first-order valence-electron chi connectivity index (χ1n) is 10.6. The number of benzene rings is 1. The molecule has 2 aromatic heterocycles. The number of rotatable bonds is 7. The Morgan fingerprint density at radius 2 is 1.52 bits per heavy atom. The molecule has 1 saturated carbocycles. The molecule has 150 valence electrons. The van der Waals surface area contributed by atoms with Crippen molar-refractivity contribution in [3.05, 3.63) is 96.1 Å². The first-order valence-corrected chi connectivity index (χ1v) is 10.6. The SMILES string of the molecule is CCN(C1CCCC1)C(c1ccccc1)C(O)(c1cccnc1)c1cccnc1. The molecule has 4 rings (SSSR count). The van der Waals surface area contributed by atoms with Crippen molar-refractivity contribution >= 4 is 0 Å². The van der Waals surface area contributed by atoms with E-state index in [1.165, 1.54) is 25.7 Å². The van der Waals surface area contributed by atoms with E-state index in [9.17, 15) is 5.11 Å². The highest BCUT2D eigenvalue weighted by Crippen LogP contribution is 2.46. The van der Waals surface area contributed by atoms with Gasteiger partial charge in [0.1, 0.15) is 5.60 Å². The van der Waals surface area contributed by atoms with E-state index in [1.807, 2.05) is 30.3 Å². The predicted molar refractivity (Wildman–Crippen MR) is 115 cm³/mol. The van der Waals surface area contributed by atoms with E-state index in [0.717, 1.165) is 23.2 Å². The molecule has 0 saturated heterocycles. The van der Waals surface area contributed by atoms with Crippen LogP contribution in [0.5, 0.6) is 0 Å². The van der Waals surface area contributed by atoms with Crippen molar-refractivity contribution in [1.82, 2.24) is 14.9 Å². The second kappa shape index (κ2) is 8.85. The Hall–Kier alpha value is -2.56. The zero-order chi connectivity index (χ0) is 20.1. The van der Waals surface area contributed by atoms with Gasteiger partial charge in [-0.1, -0.05) is 62.2 Å². The van der Waals surface area contributed by atoms with Crippen molar-refractivity contribution in [1.29, 1.82) is 0 Å². The summed E-state index contributed by atoms with van der Waals surface area (Å²) in [6, 6.07) is 18.3. The van der Waals surface area contributed by atoms with E-state index in [-0.39, 0.29) is 6.04 Å². The number of nitrogens with zero attached hydrogens (tertiary/aromatic N) is 3. The number of hydrogen-bond donors (Lipinski definition) is 1. The Morgan fingerprint density at radius 1 is 0.931 bits per heavy atom. The van der Waals surface area contributed by atoms with Crippen LogP contribution in [0.4, 0.5) is 0 Å². The molecule has 4 nitrogen and oxygen atoms in total. The summed E-state index contributed by atoms with van der Waals surface area (Å²) in [5, 5.41) is 12.5. The molecule has 0 radical (unpaired) electrons. The fourth-order valence-electron chi connectivity index (χ4n) is 4.85. The summed E-state index contributed by atoms with van der Waals surface area (Å²) in [6.07, 6.45) is 11.9. The zero-order valence-corrected chi connectivity index (χ0v) is 17.0. The standard InChI is InChI=1S/C25H29N3O/c1-2-28(23-14-6-7-15-23)24(20-10-4-3-5-11-20)25(29,21-12-8-16-26-18-21)22-13-9-17-27-19-22/h3-5,8-13,16-19,23-24,29H,2,6-7,14-15H2,1H3. The zero-order valence-electron chi connectivity index (χ0n) is 17.0. The van der Waals surface area contributed by atoms with Crippen LogP contribution < -0.4 is 0 Å². The Bertz CT molecular complexity index is 840. The third-order valence-electron chi connectivity index (χ3n) is 6.20. The predicted octanol–water partition coefficient (Wildman–Crippen LogP) is 4.72. The van der Waals surface area contributed by atoms with E-state index in [4.69, 9.17) is 0 Å². The van der Waals surface area contributed by atoms with E-state index < -0.39 is 5.60 Å². The maximum absolute atomic E-state index is 12.5. The van der Waals surface area contributed by atoms with Crippen molar-refractivity contribution < 1.29 is 5.11 Å². The summed E-state index contributed by atoms with van der Waals surface area (Å²) in [5.41, 5.74) is 1.43. The van der Waals surface area contributed by atoms with Crippen LogP contribution in [0.1, 0.15) is 55.3 Å². The van der Waals surface area contributed by atoms with Gasteiger partial charge in [0, 0.05) is 42.0 Å². The van der Waals surface area contributed by atoms with Crippen molar-refractivity contribution in [2.45, 2.75) is 50.3 Å². The van der Waals surface area contributed by atoms with Gasteiger partial charge >= 0.3 is 0 Å². The summed E-state index contributed by atoms with van der Waals surface area (Å²) in [5.74, 6) is 0. The molecule has 0 aliphatic heterocycles. The lowest BCUT2D eigenvalue weighted by Crippen LogP contribution is -2.48. The molecule has 1 aromatic carbocycles. The van der Waals surface area contributed by atoms with Crippen LogP contribution in [0.2, 0.25) is 0 Å². The molecule has 1 fully saturated rings. The maximum Gasteiger partial charge on any atom is 0.137 e. The minimum absolute atomic E-state index is 0.231. The molecule has 0 amide bonds. The highest BCUT2D eigenvalue weighted by molar-refractivity contribution is 5.39. The van der Waals surface area contributed by atoms with Gasteiger partial charge in [0.2, 0.25) is 0 Å². The second-order valence-corrected chi connectivity index (χ2v) is 7.83. The highest BCUT2D eigenvalue weighted by Gasteiger charge is 2.46. The van der Waals surface area contributed by atoms with Crippen LogP contribution in [0.25, 0.3) is 0 Å². The largest absolute Gasteiger partial charge is 0.378 e. The third-order valence-corrected chi connectivity index (χ3v) is 6.20. The van der Waals surface area contributed by atoms with Crippen LogP contribution in [0, 0.1) is 0 Å². The molecule has 0 spiro atoms. The minimum atomic E-state index is -1.26. The summed E-state index contributed by atoms with van der Waals surface area (Å²) < 4.78 is 0. The van der Waals surface area contributed by atoms with Crippen LogP contribution in [0.15, 0.2) is 79.4 Å². The number of aromatic nitrogens is 2. The lowest BCUT2D eigenvalue weighted by molar-refractivity contribution is -0.0380. The van der Waals surface area contributed by atoms with Crippen LogP contribution >= 0.6 is 0 Å². The molecule has 2 heterocycles. The van der Waals surface area contributed by atoms with Gasteiger partial charge in [-0.05, 0) is 37.1 Å². The topological polar surface area (TPSA) is 49.2 Å². The van der Waals surface area contributed by atoms with E-state index in [2.05, 4.69) is 46.1 Å². The van der Waals surface area contributed by atoms with E-state index in [0.29, 0.717) is 6.04 Å². The van der Waals surface area contributed by atoms with Crippen LogP contribution in [0.3, 0.4) is 0 Å². The summed E-state index contributed by atoms with van der Waals surface area (Å²) >= 11 is 0. The first-order chi connectivity index (χ1) is 14.2. The molecule has 1 unspecified atom stereocenters. The molecule has 4 heteroatoms. The molecule has 1 N–H and O–H groups in total. The summed E-state index contributed by atoms with van der Waals surface area (Å²) in [6.45, 7) is 3.06. The second-order valence-electron chi connectivity index (χ2n) is 7.83. The Balaban J connectivity index is 1.93. The van der Waals surface area contributed by atoms with Gasteiger partial charge in [-0.15, -0.1) is 0 Å². The Labute approximate surface area is 173 Å². The van der Waals surface area contributed by atoms with Crippen molar-refractivity contribution in [3.8, 4) is 0 Å². The number of aliphatic hydroxyl groups is 1. The minimum Gasteiger partial charge on any atom is -0.378 e. The average molecular weight is 388 g/mol. The summed E-state index contributed by atoms with van der Waals surface area (Å²) in [7, 11) is 0. The number of likely N-dealkylation sites (N-methyl/N-ethyl adjacent to an activating group) is 1. The van der Waals surface area contributed by atoms with Gasteiger partial charge in [-0.2, -0.15) is 0 Å². The quantitative estimate of drug-likeness (QED) is 0.637. The van der Waals surface area contributed by atoms with Crippen LogP contribution in [-0.4, -0.2) is 32.6 Å². The third kappa shape index (κ3) is 3.83. The monoisotopic (exact) mass is 387 g/mol. The molecular formula is C25H29N3O. The molecule has 0 bridgehead atoms. The van der Waals surface area contributed by atoms with Gasteiger partial charge in [-0.25, -0.2) is 0 Å². The molecule has 1 aliphatic rings. The van der Waals surface area contributed by atoms with Gasteiger partial charge < -0.3 is 5.11 Å². The smallest absolute Gasteiger partial charge is 0.137 e. The summed E-state index contributed by atoms with van der Waals surface area (Å²) in [4.78, 5) is 11.2. The van der Waals surface area contributed by atoms with E-state index in [1.54, 1.807) is 24.8 Å². The molecule has 3 aromatic rings. The Kier molecular flexibility index (Phi) is 6.02. The molecular weight excluding hydrogens is 358 g/mol. The van der Waals surface area contributed by atoms with Gasteiger partial charge in [0.15, 0.2) is 0 Å². The Morgan fingerprint density at radius 3 is 2.00 bits per heavy atom. The van der Waals surface area contributed by atoms with Crippen molar-refractivity contribution in [2.75, 3.05) is 6.54 Å². The number of hydrogen-bond acceptors (Lipinski definition) is 4. The van der Waals surface area contributed by atoms with Gasteiger partial charge in [0.05, 0.1) is 6.04 Å². The van der Waals surface area contributed by atoms with Crippen molar-refractivity contribution in [2.24, 2.45) is 0 Å². The van der Waals surface area contributed by atoms with Gasteiger partial charge in [-0.3, -0.25) is 14.9 Å². The fraction of sp³-hybridized carbons (Fsp3) is 0.360. The highest BCUT2D eigenvalue weighted by atomic mass is 16.3. The molecule has 29 heavy (non-hydrogen) atoms. The fourth-order valence-corrected chi connectivity index (χ4v) is 4.85.